The van der Waals surface area contributed by atoms with Gasteiger partial charge in [-0.2, -0.15) is 13.2 Å². The maximum absolute atomic E-state index is 11.8. The highest BCUT2D eigenvalue weighted by Crippen LogP contribution is 2.21. The van der Waals surface area contributed by atoms with Gasteiger partial charge in [0.05, 0.1) is 10.5 Å². The summed E-state index contributed by atoms with van der Waals surface area (Å²) in [6.07, 6.45) is -4.70. The molecule has 0 radical (unpaired) electrons. The minimum absolute atomic E-state index is 0.125. The molecule has 6 nitrogen and oxygen atoms in total. The molecule has 0 saturated heterocycles. The molecular formula is C9H7BrF3NO5S. The molecule has 1 aromatic carbocycles. The van der Waals surface area contributed by atoms with Crippen molar-refractivity contribution in [2.75, 3.05) is 6.61 Å². The van der Waals surface area contributed by atoms with Gasteiger partial charge in [0, 0.05) is 4.47 Å². The fraction of sp³-hybridized carbons (Fsp3) is 0.222. The molecule has 0 saturated carbocycles. The van der Waals surface area contributed by atoms with Gasteiger partial charge in [-0.05, 0) is 34.1 Å². The van der Waals surface area contributed by atoms with Gasteiger partial charge >= 0.3 is 12.1 Å². The number of alkyl halides is 3. The van der Waals surface area contributed by atoms with Crippen LogP contribution in [-0.4, -0.2) is 32.3 Å². The number of nitrogens with one attached hydrogen (secondary N) is 1. The Kier molecular flexibility index (Phi) is 5.13. The van der Waals surface area contributed by atoms with Gasteiger partial charge in [0.15, 0.2) is 6.61 Å². The number of halogens is 4. The van der Waals surface area contributed by atoms with Crippen molar-refractivity contribution in [2.24, 2.45) is 0 Å². The lowest BCUT2D eigenvalue weighted by Gasteiger charge is -2.10. The van der Waals surface area contributed by atoms with Gasteiger partial charge in [-0.25, -0.2) is 13.2 Å². The van der Waals surface area contributed by atoms with E-state index in [4.69, 9.17) is 5.11 Å². The summed E-state index contributed by atoms with van der Waals surface area (Å²) in [5.41, 5.74) is -0.358. The molecule has 0 aromatic heterocycles. The van der Waals surface area contributed by atoms with Crippen LogP contribution in [0.15, 0.2) is 27.6 Å². The fourth-order valence-electron chi connectivity index (χ4n) is 1.07. The molecule has 0 aliphatic carbocycles. The quantitative estimate of drug-likeness (QED) is 0.764. The smallest absolute Gasteiger partial charge is 0.413 e. The molecule has 1 rings (SSSR count). The second-order valence-corrected chi connectivity index (χ2v) is 5.94. The van der Waals surface area contributed by atoms with Crippen LogP contribution >= 0.6 is 15.9 Å². The van der Waals surface area contributed by atoms with Crippen molar-refractivity contribution in [3.8, 4) is 0 Å². The number of aromatic carboxylic acids is 1. The van der Waals surface area contributed by atoms with Crippen LogP contribution < -0.4 is 4.89 Å². The highest BCUT2D eigenvalue weighted by Gasteiger charge is 2.29. The van der Waals surface area contributed by atoms with E-state index in [2.05, 4.69) is 20.8 Å². The number of carboxylic acid groups (broad SMARTS) is 1. The number of hydrogen-bond acceptors (Lipinski definition) is 4. The summed E-state index contributed by atoms with van der Waals surface area (Å²) in [5, 5.41) is 8.81. The van der Waals surface area contributed by atoms with Crippen LogP contribution in [0.2, 0.25) is 0 Å². The first-order valence-corrected chi connectivity index (χ1v) is 7.04. The zero-order chi connectivity index (χ0) is 15.6. The van der Waals surface area contributed by atoms with E-state index in [-0.39, 0.29) is 10.0 Å². The topological polar surface area (TPSA) is 92.7 Å². The first kappa shape index (κ1) is 16.9. The molecule has 11 heteroatoms. The van der Waals surface area contributed by atoms with Gasteiger partial charge in [-0.3, -0.25) is 4.84 Å². The van der Waals surface area contributed by atoms with Gasteiger partial charge in [-0.15, -0.1) is 0 Å². The van der Waals surface area contributed by atoms with E-state index in [0.717, 1.165) is 18.2 Å². The second-order valence-electron chi connectivity index (χ2n) is 3.44. The monoisotopic (exact) mass is 377 g/mol. The highest BCUT2D eigenvalue weighted by atomic mass is 79.9. The zero-order valence-corrected chi connectivity index (χ0v) is 11.8. The van der Waals surface area contributed by atoms with Gasteiger partial charge in [-0.1, -0.05) is 4.89 Å². The molecule has 2 N–H and O–H groups in total. The van der Waals surface area contributed by atoms with Crippen LogP contribution in [0, 0.1) is 0 Å². The van der Waals surface area contributed by atoms with Crippen molar-refractivity contribution in [1.29, 1.82) is 0 Å². The largest absolute Gasteiger partial charge is 0.478 e. The van der Waals surface area contributed by atoms with Crippen molar-refractivity contribution >= 4 is 31.9 Å². The summed E-state index contributed by atoms with van der Waals surface area (Å²) < 4.78 is 58.7. The molecule has 0 aliphatic rings. The van der Waals surface area contributed by atoms with Crippen LogP contribution in [0.4, 0.5) is 13.2 Å². The third-order valence-electron chi connectivity index (χ3n) is 1.88. The van der Waals surface area contributed by atoms with E-state index in [0.29, 0.717) is 0 Å². The van der Waals surface area contributed by atoms with Crippen molar-refractivity contribution < 1.29 is 36.3 Å². The minimum Gasteiger partial charge on any atom is -0.478 e. The standard InChI is InChI=1S/C9H7BrF3NO5S/c10-7-2-1-5(3-6(7)8(15)16)20(17,18)14-19-4-9(11,12)13/h1-3,14H,4H2,(H,15,16). The van der Waals surface area contributed by atoms with E-state index in [1.54, 1.807) is 0 Å². The molecular weight excluding hydrogens is 371 g/mol. The third kappa shape index (κ3) is 4.74. The summed E-state index contributed by atoms with van der Waals surface area (Å²) in [4.78, 5) is 15.4. The van der Waals surface area contributed by atoms with Gasteiger partial charge in [0.2, 0.25) is 0 Å². The Hall–Kier alpha value is -1.17. The maximum Gasteiger partial charge on any atom is 0.413 e. The first-order chi connectivity index (χ1) is 9.03. The molecule has 0 spiro atoms. The third-order valence-corrected chi connectivity index (χ3v) is 3.79. The Morgan fingerprint density at radius 2 is 2.00 bits per heavy atom. The average Bonchev–Trinajstić information content (AvgIpc) is 2.26. The molecule has 112 valence electrons. The Morgan fingerprint density at radius 3 is 2.50 bits per heavy atom. The van der Waals surface area contributed by atoms with Crippen molar-refractivity contribution in [2.45, 2.75) is 11.1 Å². The summed E-state index contributed by atoms with van der Waals surface area (Å²) in [7, 11) is -4.41. The average molecular weight is 378 g/mol. The van der Waals surface area contributed by atoms with Gasteiger partial charge in [0.25, 0.3) is 10.0 Å². The fourth-order valence-corrected chi connectivity index (χ4v) is 2.32. The Bertz CT molecular complexity index is 616. The number of benzene rings is 1. The lowest BCUT2D eigenvalue weighted by atomic mass is 10.2. The SMILES string of the molecule is O=C(O)c1cc(S(=O)(=O)NOCC(F)(F)F)ccc1Br. The van der Waals surface area contributed by atoms with Gasteiger partial charge in [0.1, 0.15) is 0 Å². The molecule has 0 atom stereocenters. The maximum atomic E-state index is 11.8. The normalized spacial score (nSPS) is 12.4. The lowest BCUT2D eigenvalue weighted by Crippen LogP contribution is -2.29. The Labute approximate surface area is 119 Å². The minimum atomic E-state index is -4.70. The molecule has 0 bridgehead atoms. The van der Waals surface area contributed by atoms with Crippen LogP contribution in [0.1, 0.15) is 10.4 Å². The summed E-state index contributed by atoms with van der Waals surface area (Å²) in [6, 6.07) is 2.93. The highest BCUT2D eigenvalue weighted by molar-refractivity contribution is 9.10. The number of sulfonamides is 1. The van der Waals surface area contributed by atoms with E-state index >= 15 is 0 Å². The van der Waals surface area contributed by atoms with Gasteiger partial charge < -0.3 is 5.11 Å². The zero-order valence-electron chi connectivity index (χ0n) is 9.44. The summed E-state index contributed by atoms with van der Waals surface area (Å²) >= 11 is 2.90. The molecule has 0 unspecified atom stereocenters. The molecule has 0 heterocycles. The van der Waals surface area contributed by atoms with Crippen LogP contribution in [-0.2, 0) is 14.9 Å². The van der Waals surface area contributed by atoms with Crippen LogP contribution in [0.3, 0.4) is 0 Å². The van der Waals surface area contributed by atoms with E-state index < -0.39 is 33.7 Å². The molecule has 0 aliphatic heterocycles. The molecule has 0 amide bonds. The van der Waals surface area contributed by atoms with Crippen LogP contribution in [0.5, 0.6) is 0 Å². The summed E-state index contributed by atoms with van der Waals surface area (Å²) in [5.74, 6) is -1.40. The van der Waals surface area contributed by atoms with E-state index in [1.165, 1.54) is 4.89 Å². The first-order valence-electron chi connectivity index (χ1n) is 4.76. The summed E-state index contributed by atoms with van der Waals surface area (Å²) in [6.45, 7) is -1.81. The Balaban J connectivity index is 2.93. The number of hydrogen-bond donors (Lipinski definition) is 2. The van der Waals surface area contributed by atoms with Crippen molar-refractivity contribution in [3.05, 3.63) is 28.2 Å². The predicted molar refractivity (Wildman–Crippen MR) is 63.4 cm³/mol. The second kappa shape index (κ2) is 6.08. The van der Waals surface area contributed by atoms with Crippen molar-refractivity contribution in [3.63, 3.8) is 0 Å². The molecule has 20 heavy (non-hydrogen) atoms. The number of carboxylic acids is 1. The molecule has 0 fully saturated rings. The predicted octanol–water partition coefficient (Wildman–Crippen LogP) is 1.92. The lowest BCUT2D eigenvalue weighted by molar-refractivity contribution is -0.181. The molecule has 1 aromatic rings. The van der Waals surface area contributed by atoms with Crippen LogP contribution in [0.25, 0.3) is 0 Å². The number of carbonyl (C=O) groups is 1. The van der Waals surface area contributed by atoms with E-state index in [1.807, 2.05) is 0 Å². The van der Waals surface area contributed by atoms with Crippen molar-refractivity contribution in [1.82, 2.24) is 4.89 Å². The number of rotatable bonds is 5. The van der Waals surface area contributed by atoms with E-state index in [9.17, 15) is 26.4 Å². The Morgan fingerprint density at radius 1 is 1.40 bits per heavy atom.